The number of hydrogen-bond acceptors (Lipinski definition) is 2. The van der Waals surface area contributed by atoms with Crippen molar-refractivity contribution >= 4 is 27.5 Å². The van der Waals surface area contributed by atoms with Gasteiger partial charge in [0.1, 0.15) is 5.69 Å². The highest BCUT2D eigenvalue weighted by atomic mass is 79.9. The minimum atomic E-state index is -0.335. The standard InChI is InChI=1S/C13H11BrN2O2/c1-8-2-4-9(5-3-8)12(17)16-11-6-10(14)7-15-13(11)18/h2-7H,1H3,(H,15,18)(H,16,17). The van der Waals surface area contributed by atoms with Crippen LogP contribution in [0.4, 0.5) is 5.69 Å². The van der Waals surface area contributed by atoms with Gasteiger partial charge in [0.2, 0.25) is 0 Å². The van der Waals surface area contributed by atoms with E-state index < -0.39 is 0 Å². The number of hydrogen-bond donors (Lipinski definition) is 2. The number of pyridine rings is 1. The summed E-state index contributed by atoms with van der Waals surface area (Å²) in [5.41, 5.74) is 1.47. The summed E-state index contributed by atoms with van der Waals surface area (Å²) in [7, 11) is 0. The lowest BCUT2D eigenvalue weighted by molar-refractivity contribution is 0.102. The van der Waals surface area contributed by atoms with Crippen LogP contribution in [0.2, 0.25) is 0 Å². The highest BCUT2D eigenvalue weighted by molar-refractivity contribution is 9.10. The summed E-state index contributed by atoms with van der Waals surface area (Å²) < 4.78 is 0.696. The van der Waals surface area contributed by atoms with Crippen molar-refractivity contribution in [3.8, 4) is 0 Å². The summed E-state index contributed by atoms with van der Waals surface area (Å²) in [6.07, 6.45) is 1.52. The summed E-state index contributed by atoms with van der Waals surface area (Å²) >= 11 is 3.23. The molecule has 0 aliphatic heterocycles. The van der Waals surface area contributed by atoms with E-state index in [-0.39, 0.29) is 17.2 Å². The number of carbonyl (C=O) groups is 1. The van der Waals surface area contributed by atoms with Gasteiger partial charge in [-0.2, -0.15) is 0 Å². The first-order valence-electron chi connectivity index (χ1n) is 5.32. The van der Waals surface area contributed by atoms with Crippen LogP contribution in [0.3, 0.4) is 0 Å². The van der Waals surface area contributed by atoms with E-state index in [1.165, 1.54) is 6.20 Å². The van der Waals surface area contributed by atoms with Crippen LogP contribution >= 0.6 is 15.9 Å². The van der Waals surface area contributed by atoms with Crippen LogP contribution < -0.4 is 10.9 Å². The normalized spacial score (nSPS) is 10.1. The molecule has 2 N–H and O–H groups in total. The maximum Gasteiger partial charge on any atom is 0.271 e. The number of carbonyl (C=O) groups excluding carboxylic acids is 1. The van der Waals surface area contributed by atoms with Crippen molar-refractivity contribution in [2.45, 2.75) is 6.92 Å². The Labute approximate surface area is 112 Å². The molecule has 4 nitrogen and oxygen atoms in total. The van der Waals surface area contributed by atoms with E-state index in [1.807, 2.05) is 19.1 Å². The smallest absolute Gasteiger partial charge is 0.271 e. The van der Waals surface area contributed by atoms with Crippen molar-refractivity contribution in [1.29, 1.82) is 0 Å². The lowest BCUT2D eigenvalue weighted by Crippen LogP contribution is -2.19. The molecule has 1 aromatic heterocycles. The van der Waals surface area contributed by atoms with E-state index in [2.05, 4.69) is 26.2 Å². The average molecular weight is 307 g/mol. The highest BCUT2D eigenvalue weighted by Crippen LogP contribution is 2.11. The Morgan fingerprint density at radius 1 is 1.28 bits per heavy atom. The SMILES string of the molecule is Cc1ccc(C(=O)Nc2cc(Br)c[nH]c2=O)cc1. The third-order valence-corrected chi connectivity index (χ3v) is 2.89. The third-order valence-electron chi connectivity index (χ3n) is 2.43. The van der Waals surface area contributed by atoms with E-state index in [0.29, 0.717) is 10.0 Å². The summed E-state index contributed by atoms with van der Waals surface area (Å²) in [5.74, 6) is -0.307. The molecule has 0 aliphatic rings. The zero-order valence-corrected chi connectivity index (χ0v) is 11.2. The van der Waals surface area contributed by atoms with Gasteiger partial charge in [0, 0.05) is 16.2 Å². The topological polar surface area (TPSA) is 62.0 Å². The molecule has 2 aromatic rings. The van der Waals surface area contributed by atoms with Crippen LogP contribution in [0, 0.1) is 6.92 Å². The molecule has 18 heavy (non-hydrogen) atoms. The van der Waals surface area contributed by atoms with Crippen LogP contribution in [0.25, 0.3) is 0 Å². The number of aryl methyl sites for hydroxylation is 1. The molecule has 0 radical (unpaired) electrons. The lowest BCUT2D eigenvalue weighted by Gasteiger charge is -2.05. The van der Waals surface area contributed by atoms with Gasteiger partial charge in [-0.3, -0.25) is 9.59 Å². The van der Waals surface area contributed by atoms with Gasteiger partial charge >= 0.3 is 0 Å². The number of aromatic amines is 1. The fraction of sp³-hybridized carbons (Fsp3) is 0.0769. The van der Waals surface area contributed by atoms with Crippen LogP contribution in [0.1, 0.15) is 15.9 Å². The second-order valence-electron chi connectivity index (χ2n) is 3.88. The second-order valence-corrected chi connectivity index (χ2v) is 4.80. The molecule has 1 aromatic carbocycles. The molecule has 0 spiro atoms. The second kappa shape index (κ2) is 5.18. The van der Waals surface area contributed by atoms with Crippen LogP contribution in [-0.4, -0.2) is 10.9 Å². The van der Waals surface area contributed by atoms with E-state index >= 15 is 0 Å². The number of nitrogens with one attached hydrogen (secondary N) is 2. The summed E-state index contributed by atoms with van der Waals surface area (Å²) in [6.45, 7) is 1.95. The summed E-state index contributed by atoms with van der Waals surface area (Å²) in [4.78, 5) is 25.9. The maximum absolute atomic E-state index is 11.9. The zero-order valence-electron chi connectivity index (χ0n) is 9.66. The van der Waals surface area contributed by atoms with Gasteiger partial charge in [-0.05, 0) is 41.1 Å². The molecule has 0 fully saturated rings. The van der Waals surface area contributed by atoms with Gasteiger partial charge in [-0.1, -0.05) is 17.7 Å². The lowest BCUT2D eigenvalue weighted by atomic mass is 10.1. The fourth-order valence-corrected chi connectivity index (χ4v) is 1.79. The molecular weight excluding hydrogens is 296 g/mol. The fourth-order valence-electron chi connectivity index (χ4n) is 1.45. The molecule has 0 aliphatic carbocycles. The largest absolute Gasteiger partial charge is 0.326 e. The summed E-state index contributed by atoms with van der Waals surface area (Å²) in [6, 6.07) is 8.69. The molecule has 0 saturated carbocycles. The molecule has 0 atom stereocenters. The van der Waals surface area contributed by atoms with Crippen molar-refractivity contribution in [3.05, 3.63) is 62.5 Å². The molecule has 0 saturated heterocycles. The van der Waals surface area contributed by atoms with Crippen LogP contribution in [-0.2, 0) is 0 Å². The Morgan fingerprint density at radius 3 is 2.61 bits per heavy atom. The molecule has 2 rings (SSSR count). The number of halogens is 1. The highest BCUT2D eigenvalue weighted by Gasteiger charge is 2.08. The van der Waals surface area contributed by atoms with Gasteiger partial charge in [0.05, 0.1) is 0 Å². The number of benzene rings is 1. The molecule has 1 amide bonds. The molecule has 5 heteroatoms. The van der Waals surface area contributed by atoms with Crippen molar-refractivity contribution in [2.24, 2.45) is 0 Å². The van der Waals surface area contributed by atoms with Crippen LogP contribution in [0.5, 0.6) is 0 Å². The van der Waals surface area contributed by atoms with Crippen molar-refractivity contribution in [1.82, 2.24) is 4.98 Å². The Balaban J connectivity index is 2.24. The quantitative estimate of drug-likeness (QED) is 0.896. The Kier molecular flexibility index (Phi) is 3.62. The Morgan fingerprint density at radius 2 is 1.94 bits per heavy atom. The number of H-pyrrole nitrogens is 1. The number of aromatic nitrogens is 1. The minimum absolute atomic E-state index is 0.218. The predicted molar refractivity (Wildman–Crippen MR) is 73.9 cm³/mol. The molecule has 1 heterocycles. The molecule has 0 unspecified atom stereocenters. The number of anilines is 1. The van der Waals surface area contributed by atoms with E-state index in [9.17, 15) is 9.59 Å². The number of rotatable bonds is 2. The van der Waals surface area contributed by atoms with Gasteiger partial charge in [-0.15, -0.1) is 0 Å². The molecule has 0 bridgehead atoms. The van der Waals surface area contributed by atoms with Crippen molar-refractivity contribution < 1.29 is 4.79 Å². The van der Waals surface area contributed by atoms with Gasteiger partial charge in [-0.25, -0.2) is 0 Å². The third kappa shape index (κ3) is 2.87. The average Bonchev–Trinajstić information content (AvgIpc) is 2.34. The maximum atomic E-state index is 11.9. The molecule has 92 valence electrons. The Hall–Kier alpha value is -1.88. The van der Waals surface area contributed by atoms with E-state index in [1.54, 1.807) is 18.2 Å². The van der Waals surface area contributed by atoms with Crippen molar-refractivity contribution in [2.75, 3.05) is 5.32 Å². The van der Waals surface area contributed by atoms with Gasteiger partial charge in [0.25, 0.3) is 11.5 Å². The number of amides is 1. The minimum Gasteiger partial charge on any atom is -0.326 e. The van der Waals surface area contributed by atoms with E-state index in [0.717, 1.165) is 5.56 Å². The first kappa shape index (κ1) is 12.6. The van der Waals surface area contributed by atoms with Gasteiger partial charge < -0.3 is 10.3 Å². The first-order valence-corrected chi connectivity index (χ1v) is 6.12. The monoisotopic (exact) mass is 306 g/mol. The molecular formula is C13H11BrN2O2. The van der Waals surface area contributed by atoms with Crippen LogP contribution in [0.15, 0.2) is 45.8 Å². The Bertz CT molecular complexity index is 632. The van der Waals surface area contributed by atoms with Crippen molar-refractivity contribution in [3.63, 3.8) is 0 Å². The van der Waals surface area contributed by atoms with Gasteiger partial charge in [0.15, 0.2) is 0 Å². The predicted octanol–water partition coefficient (Wildman–Crippen LogP) is 2.70. The summed E-state index contributed by atoms with van der Waals surface area (Å²) in [5, 5.41) is 2.57. The zero-order chi connectivity index (χ0) is 13.1. The first-order chi connectivity index (χ1) is 8.56. The van der Waals surface area contributed by atoms with E-state index in [4.69, 9.17) is 0 Å².